The van der Waals surface area contributed by atoms with Crippen LogP contribution in [0.4, 0.5) is 4.39 Å². The van der Waals surface area contributed by atoms with E-state index in [9.17, 15) is 19.1 Å². The molecule has 1 aromatic heterocycles. The number of hydrogen-bond acceptors (Lipinski definition) is 4. The third-order valence-corrected chi connectivity index (χ3v) is 3.68. The quantitative estimate of drug-likeness (QED) is 0.836. The zero-order chi connectivity index (χ0) is 18.6. The molecule has 1 unspecified atom stereocenters. The summed E-state index contributed by atoms with van der Waals surface area (Å²) >= 11 is 0. The number of hydrogen-bond donors (Lipinski definition) is 2. The Bertz CT molecular complexity index is 798. The van der Waals surface area contributed by atoms with Crippen LogP contribution < -0.4 is 10.9 Å². The van der Waals surface area contributed by atoms with Crippen LogP contribution in [0.3, 0.4) is 0 Å². The Labute approximate surface area is 145 Å². The third-order valence-electron chi connectivity index (χ3n) is 3.68. The molecule has 0 bridgehead atoms. The van der Waals surface area contributed by atoms with Crippen molar-refractivity contribution in [1.82, 2.24) is 15.1 Å². The van der Waals surface area contributed by atoms with Crippen molar-refractivity contribution in [1.29, 1.82) is 0 Å². The minimum absolute atomic E-state index is 0.0803. The summed E-state index contributed by atoms with van der Waals surface area (Å²) in [6.07, 6.45) is 0.0703. The molecule has 7 heteroatoms. The highest BCUT2D eigenvalue weighted by Gasteiger charge is 2.22. The molecular formula is C18H22FN3O3. The molecule has 1 aromatic carbocycles. The van der Waals surface area contributed by atoms with Gasteiger partial charge in [-0.25, -0.2) is 4.39 Å². The molecule has 0 saturated carbocycles. The number of benzene rings is 1. The molecule has 2 rings (SSSR count). The number of aliphatic hydroxyl groups is 1. The molecule has 1 amide bonds. The molecular weight excluding hydrogens is 325 g/mol. The fourth-order valence-corrected chi connectivity index (χ4v) is 2.58. The Morgan fingerprint density at radius 2 is 1.92 bits per heavy atom. The zero-order valence-corrected chi connectivity index (χ0v) is 14.5. The van der Waals surface area contributed by atoms with Crippen LogP contribution in [-0.2, 0) is 0 Å². The number of aliphatic hydroxyl groups excluding tert-OH is 1. The second kappa shape index (κ2) is 7.57. The molecule has 0 fully saturated rings. The fraction of sp³-hybridized carbons (Fsp3) is 0.389. The van der Waals surface area contributed by atoms with Crippen molar-refractivity contribution in [2.24, 2.45) is 5.41 Å². The van der Waals surface area contributed by atoms with Crippen molar-refractivity contribution in [3.05, 3.63) is 58.3 Å². The van der Waals surface area contributed by atoms with Gasteiger partial charge in [0, 0.05) is 12.6 Å². The van der Waals surface area contributed by atoms with Gasteiger partial charge in [0.2, 0.25) is 0 Å². The average molecular weight is 347 g/mol. The summed E-state index contributed by atoms with van der Waals surface area (Å²) in [5, 5.41) is 16.3. The van der Waals surface area contributed by atoms with E-state index in [4.69, 9.17) is 0 Å². The molecule has 0 aliphatic heterocycles. The number of carbonyl (C=O) groups is 1. The van der Waals surface area contributed by atoms with E-state index < -0.39 is 23.4 Å². The van der Waals surface area contributed by atoms with Crippen LogP contribution in [0.15, 0.2) is 41.2 Å². The predicted molar refractivity (Wildman–Crippen MR) is 92.2 cm³/mol. The van der Waals surface area contributed by atoms with Gasteiger partial charge < -0.3 is 10.4 Å². The first-order valence-corrected chi connectivity index (χ1v) is 8.00. The normalized spacial score (nSPS) is 12.7. The lowest BCUT2D eigenvalue weighted by Gasteiger charge is -2.26. The van der Waals surface area contributed by atoms with E-state index in [1.165, 1.54) is 36.4 Å². The Morgan fingerprint density at radius 1 is 1.28 bits per heavy atom. The molecule has 2 aromatic rings. The second-order valence-electron chi connectivity index (χ2n) is 6.85. The van der Waals surface area contributed by atoms with Crippen LogP contribution in [0.5, 0.6) is 0 Å². The first-order chi connectivity index (χ1) is 11.7. The van der Waals surface area contributed by atoms with Crippen molar-refractivity contribution < 1.29 is 14.3 Å². The lowest BCUT2D eigenvalue weighted by atomic mass is 9.87. The van der Waals surface area contributed by atoms with Gasteiger partial charge in [-0.15, -0.1) is 0 Å². The lowest BCUT2D eigenvalue weighted by Crippen LogP contribution is -2.37. The molecule has 1 atom stereocenters. The second-order valence-corrected chi connectivity index (χ2v) is 6.85. The maximum Gasteiger partial charge on any atom is 0.271 e. The van der Waals surface area contributed by atoms with Crippen LogP contribution in [0.2, 0.25) is 0 Å². The SMILES string of the molecule is CC(O)CC(C)(C)CNC(=O)c1ccc(=O)n(-c2ccc(F)cc2)n1. The Kier molecular flexibility index (Phi) is 5.69. The van der Waals surface area contributed by atoms with Crippen LogP contribution in [0, 0.1) is 11.2 Å². The van der Waals surface area contributed by atoms with Crippen LogP contribution >= 0.6 is 0 Å². The van der Waals surface area contributed by atoms with Gasteiger partial charge in [0.05, 0.1) is 11.8 Å². The molecule has 0 aliphatic carbocycles. The standard InChI is InChI=1S/C18H22FN3O3/c1-12(23)10-18(2,3)11-20-17(25)15-8-9-16(24)22(21-15)14-6-4-13(19)5-7-14/h4-9,12,23H,10-11H2,1-3H3,(H,20,25). The van der Waals surface area contributed by atoms with Gasteiger partial charge in [0.25, 0.3) is 11.5 Å². The monoisotopic (exact) mass is 347 g/mol. The summed E-state index contributed by atoms with van der Waals surface area (Å²) in [4.78, 5) is 24.3. The van der Waals surface area contributed by atoms with E-state index in [2.05, 4.69) is 10.4 Å². The van der Waals surface area contributed by atoms with E-state index in [-0.39, 0.29) is 11.1 Å². The van der Waals surface area contributed by atoms with Crippen molar-refractivity contribution in [3.63, 3.8) is 0 Å². The zero-order valence-electron chi connectivity index (χ0n) is 14.5. The first kappa shape index (κ1) is 18.8. The maximum atomic E-state index is 13.0. The van der Waals surface area contributed by atoms with Gasteiger partial charge >= 0.3 is 0 Å². The number of nitrogens with one attached hydrogen (secondary N) is 1. The van der Waals surface area contributed by atoms with Gasteiger partial charge in [0.15, 0.2) is 0 Å². The molecule has 134 valence electrons. The number of rotatable bonds is 6. The van der Waals surface area contributed by atoms with E-state index in [0.717, 1.165) is 4.68 Å². The van der Waals surface area contributed by atoms with Crippen molar-refractivity contribution in [3.8, 4) is 5.69 Å². The highest BCUT2D eigenvalue weighted by atomic mass is 19.1. The molecule has 2 N–H and O–H groups in total. The number of halogens is 1. The molecule has 0 aliphatic rings. The minimum atomic E-state index is -0.467. The van der Waals surface area contributed by atoms with Crippen LogP contribution in [0.1, 0.15) is 37.7 Å². The topological polar surface area (TPSA) is 84.2 Å². The summed E-state index contributed by atoms with van der Waals surface area (Å²) in [5.74, 6) is -0.847. The lowest BCUT2D eigenvalue weighted by molar-refractivity contribution is 0.0895. The largest absolute Gasteiger partial charge is 0.393 e. The first-order valence-electron chi connectivity index (χ1n) is 8.00. The van der Waals surface area contributed by atoms with E-state index in [1.54, 1.807) is 6.92 Å². The van der Waals surface area contributed by atoms with E-state index >= 15 is 0 Å². The number of aromatic nitrogens is 2. The van der Waals surface area contributed by atoms with Gasteiger partial charge in [-0.2, -0.15) is 9.78 Å². The fourth-order valence-electron chi connectivity index (χ4n) is 2.58. The number of nitrogens with zero attached hydrogens (tertiary/aromatic N) is 2. The van der Waals surface area contributed by atoms with Crippen LogP contribution in [-0.4, -0.2) is 33.4 Å². The Balaban J connectivity index is 2.17. The van der Waals surface area contributed by atoms with Gasteiger partial charge in [-0.3, -0.25) is 9.59 Å². The third kappa shape index (κ3) is 5.22. The summed E-state index contributed by atoms with van der Waals surface area (Å²) in [5.41, 5.74) is -0.250. The van der Waals surface area contributed by atoms with Gasteiger partial charge in [-0.05, 0) is 49.1 Å². The van der Waals surface area contributed by atoms with Crippen molar-refractivity contribution >= 4 is 5.91 Å². The predicted octanol–water partition coefficient (Wildman–Crippen LogP) is 1.90. The summed E-state index contributed by atoms with van der Waals surface area (Å²) in [6, 6.07) is 7.85. The highest BCUT2D eigenvalue weighted by Crippen LogP contribution is 2.21. The summed E-state index contributed by atoms with van der Waals surface area (Å²) in [6.45, 7) is 5.93. The van der Waals surface area contributed by atoms with Crippen LogP contribution in [0.25, 0.3) is 5.69 Å². The summed E-state index contributed by atoms with van der Waals surface area (Å²) < 4.78 is 14.1. The Morgan fingerprint density at radius 3 is 2.52 bits per heavy atom. The molecule has 0 saturated heterocycles. The van der Waals surface area contributed by atoms with Crippen molar-refractivity contribution in [2.45, 2.75) is 33.3 Å². The molecule has 25 heavy (non-hydrogen) atoms. The molecule has 0 radical (unpaired) electrons. The maximum absolute atomic E-state index is 13.0. The Hall–Kier alpha value is -2.54. The molecule has 1 heterocycles. The molecule has 0 spiro atoms. The smallest absolute Gasteiger partial charge is 0.271 e. The number of amides is 1. The van der Waals surface area contributed by atoms with E-state index in [1.807, 2.05) is 13.8 Å². The minimum Gasteiger partial charge on any atom is -0.393 e. The van der Waals surface area contributed by atoms with Gasteiger partial charge in [0.1, 0.15) is 11.5 Å². The molecule has 6 nitrogen and oxygen atoms in total. The summed E-state index contributed by atoms with van der Waals surface area (Å²) in [7, 11) is 0. The average Bonchev–Trinajstić information content (AvgIpc) is 2.53. The van der Waals surface area contributed by atoms with E-state index in [0.29, 0.717) is 18.7 Å². The van der Waals surface area contributed by atoms with Crippen molar-refractivity contribution in [2.75, 3.05) is 6.54 Å². The number of carbonyl (C=O) groups excluding carboxylic acids is 1. The highest BCUT2D eigenvalue weighted by molar-refractivity contribution is 5.92. The van der Waals surface area contributed by atoms with Gasteiger partial charge in [-0.1, -0.05) is 13.8 Å².